The van der Waals surface area contributed by atoms with Crippen LogP contribution in [-0.4, -0.2) is 27.2 Å². The van der Waals surface area contributed by atoms with E-state index < -0.39 is 5.97 Å². The van der Waals surface area contributed by atoms with E-state index in [1.807, 2.05) is 0 Å². The Balaban J connectivity index is 1.62. The molecule has 1 heterocycles. The van der Waals surface area contributed by atoms with E-state index in [2.05, 4.69) is 67.4 Å². The predicted molar refractivity (Wildman–Crippen MR) is 124 cm³/mol. The molecule has 1 aliphatic heterocycles. The molecule has 2 nitrogen and oxygen atoms in total. The van der Waals surface area contributed by atoms with Gasteiger partial charge in [-0.05, 0) is 83.7 Å². The van der Waals surface area contributed by atoms with E-state index in [9.17, 15) is 4.79 Å². The molecule has 0 aromatic heterocycles. The van der Waals surface area contributed by atoms with Crippen LogP contribution in [0, 0.1) is 11.8 Å². The fourth-order valence-corrected chi connectivity index (χ4v) is 7.47. The average molecular weight is 423 g/mol. The van der Waals surface area contributed by atoms with Crippen molar-refractivity contribution in [2.45, 2.75) is 49.0 Å². The fraction of sp³-hybridized carbons (Fsp3) is 0.400. The number of benzene rings is 2. The maximum atomic E-state index is 11.0. The van der Waals surface area contributed by atoms with E-state index in [1.54, 1.807) is 24.3 Å². The highest BCUT2D eigenvalue weighted by Gasteiger charge is 2.37. The summed E-state index contributed by atoms with van der Waals surface area (Å²) in [5.74, 6) is 8.77. The largest absolute Gasteiger partial charge is 0.478 e. The Morgan fingerprint density at radius 2 is 1.69 bits per heavy atom. The second-order valence-electron chi connectivity index (χ2n) is 8.43. The molecule has 2 aromatic rings. The van der Waals surface area contributed by atoms with Crippen LogP contribution in [0.5, 0.6) is 0 Å². The fourth-order valence-electron chi connectivity index (χ4n) is 4.21. The zero-order chi connectivity index (χ0) is 20.4. The van der Waals surface area contributed by atoms with Gasteiger partial charge in [0.15, 0.2) is 0 Å². The van der Waals surface area contributed by atoms with Gasteiger partial charge in [0.2, 0.25) is 0 Å². The molecular weight excluding hydrogens is 396 g/mol. The molecule has 1 aliphatic carbocycles. The van der Waals surface area contributed by atoms with Gasteiger partial charge in [-0.3, -0.25) is 0 Å². The summed E-state index contributed by atoms with van der Waals surface area (Å²) in [4.78, 5) is 11.0. The zero-order valence-corrected chi connectivity index (χ0v) is 18.5. The predicted octanol–water partition coefficient (Wildman–Crippen LogP) is 6.14. The molecular formula is C25H26O2S2. The van der Waals surface area contributed by atoms with Crippen molar-refractivity contribution in [1.29, 1.82) is 0 Å². The van der Waals surface area contributed by atoms with Gasteiger partial charge < -0.3 is 5.11 Å². The maximum Gasteiger partial charge on any atom is 0.335 e. The standard InChI is InChI=1S/C25H26O2S2/c1-25(2)13-12-21(24-28-14-3-15-29-24)20-11-8-18(16-22(20)25)5-4-17-6-9-19(10-7-17)23(26)27/h6-11,16,21,24H,3,12-15H2,1-2H3,(H,26,27). The smallest absolute Gasteiger partial charge is 0.335 e. The van der Waals surface area contributed by atoms with Crippen LogP contribution >= 0.6 is 23.5 Å². The summed E-state index contributed by atoms with van der Waals surface area (Å²) >= 11 is 4.28. The van der Waals surface area contributed by atoms with Crippen molar-refractivity contribution < 1.29 is 9.90 Å². The Morgan fingerprint density at radius 3 is 2.38 bits per heavy atom. The number of thioether (sulfide) groups is 2. The summed E-state index contributed by atoms with van der Waals surface area (Å²) in [6.07, 6.45) is 3.82. The van der Waals surface area contributed by atoms with E-state index in [0.29, 0.717) is 10.5 Å². The molecule has 1 N–H and O–H groups in total. The molecule has 0 spiro atoms. The second-order valence-corrected chi connectivity index (χ2v) is 11.2. The van der Waals surface area contributed by atoms with Crippen molar-refractivity contribution in [3.8, 4) is 11.8 Å². The Labute approximate surface area is 181 Å². The van der Waals surface area contributed by atoms with Crippen LogP contribution in [0.4, 0.5) is 0 Å². The molecule has 1 unspecified atom stereocenters. The molecule has 1 saturated heterocycles. The normalized spacial score (nSPS) is 21.0. The van der Waals surface area contributed by atoms with Crippen LogP contribution in [0.1, 0.15) is 71.6 Å². The minimum atomic E-state index is -0.912. The SMILES string of the molecule is CC1(C)CCC(C2SCCCS2)c2ccc(C#Cc3ccc(C(=O)O)cc3)cc21. The highest BCUT2D eigenvalue weighted by Crippen LogP contribution is 2.50. The quantitative estimate of drug-likeness (QED) is 0.590. The molecule has 0 bridgehead atoms. The minimum absolute atomic E-state index is 0.177. The number of fused-ring (bicyclic) bond motifs is 1. The molecule has 4 rings (SSSR count). The zero-order valence-electron chi connectivity index (χ0n) is 16.9. The first-order valence-electron chi connectivity index (χ1n) is 10.2. The lowest BCUT2D eigenvalue weighted by Gasteiger charge is -2.41. The van der Waals surface area contributed by atoms with Gasteiger partial charge in [0.25, 0.3) is 0 Å². The van der Waals surface area contributed by atoms with Crippen molar-refractivity contribution in [3.63, 3.8) is 0 Å². The molecule has 0 radical (unpaired) electrons. The number of rotatable bonds is 2. The first kappa shape index (κ1) is 20.4. The summed E-state index contributed by atoms with van der Waals surface area (Å²) in [5.41, 5.74) is 5.30. The summed E-state index contributed by atoms with van der Waals surface area (Å²) in [6, 6.07) is 13.5. The summed E-state index contributed by atoms with van der Waals surface area (Å²) < 4.78 is 0.684. The molecule has 1 atom stereocenters. The van der Waals surface area contributed by atoms with Crippen LogP contribution < -0.4 is 0 Å². The highest BCUT2D eigenvalue weighted by molar-refractivity contribution is 8.17. The van der Waals surface area contributed by atoms with Crippen LogP contribution in [0.2, 0.25) is 0 Å². The number of carbonyl (C=O) groups is 1. The lowest BCUT2D eigenvalue weighted by atomic mass is 9.69. The third kappa shape index (κ3) is 4.52. The number of aromatic carboxylic acids is 1. The van der Waals surface area contributed by atoms with Gasteiger partial charge in [-0.1, -0.05) is 31.8 Å². The number of hydrogen-bond acceptors (Lipinski definition) is 3. The van der Waals surface area contributed by atoms with Crippen LogP contribution in [-0.2, 0) is 5.41 Å². The van der Waals surface area contributed by atoms with E-state index in [4.69, 9.17) is 5.11 Å². The topological polar surface area (TPSA) is 37.3 Å². The Bertz CT molecular complexity index is 961. The molecule has 2 aliphatic rings. The Kier molecular flexibility index (Phi) is 5.99. The monoisotopic (exact) mass is 422 g/mol. The molecule has 0 amide bonds. The summed E-state index contributed by atoms with van der Waals surface area (Å²) in [6.45, 7) is 4.70. The Hall–Kier alpha value is -1.83. The van der Waals surface area contributed by atoms with Crippen molar-refractivity contribution in [3.05, 3.63) is 70.3 Å². The van der Waals surface area contributed by atoms with Crippen LogP contribution in [0.3, 0.4) is 0 Å². The highest BCUT2D eigenvalue weighted by atomic mass is 32.2. The third-order valence-corrected chi connectivity index (χ3v) is 9.11. The number of carboxylic acid groups (broad SMARTS) is 1. The second kappa shape index (κ2) is 8.50. The van der Waals surface area contributed by atoms with Crippen LogP contribution in [0.25, 0.3) is 0 Å². The average Bonchev–Trinajstić information content (AvgIpc) is 2.73. The lowest BCUT2D eigenvalue weighted by Crippen LogP contribution is -2.30. The summed E-state index contributed by atoms with van der Waals surface area (Å²) in [5, 5.41) is 9.02. The molecule has 29 heavy (non-hydrogen) atoms. The molecule has 2 aromatic carbocycles. The van der Waals surface area contributed by atoms with E-state index in [-0.39, 0.29) is 11.0 Å². The maximum absolute atomic E-state index is 11.0. The van der Waals surface area contributed by atoms with Gasteiger partial charge in [-0.25, -0.2) is 4.79 Å². The molecule has 4 heteroatoms. The van der Waals surface area contributed by atoms with E-state index in [1.165, 1.54) is 41.9 Å². The summed E-state index contributed by atoms with van der Waals surface area (Å²) in [7, 11) is 0. The van der Waals surface area contributed by atoms with Crippen molar-refractivity contribution in [2.24, 2.45) is 0 Å². The van der Waals surface area contributed by atoms with Gasteiger partial charge in [0, 0.05) is 17.0 Å². The first-order valence-corrected chi connectivity index (χ1v) is 12.3. The number of carboxylic acids is 1. The van der Waals surface area contributed by atoms with E-state index in [0.717, 1.165) is 11.1 Å². The third-order valence-electron chi connectivity index (χ3n) is 5.93. The number of hydrogen-bond donors (Lipinski definition) is 1. The first-order chi connectivity index (χ1) is 13.9. The van der Waals surface area contributed by atoms with Crippen molar-refractivity contribution in [2.75, 3.05) is 11.5 Å². The lowest BCUT2D eigenvalue weighted by molar-refractivity contribution is 0.0697. The van der Waals surface area contributed by atoms with Gasteiger partial charge in [-0.2, -0.15) is 0 Å². The van der Waals surface area contributed by atoms with Crippen LogP contribution in [0.15, 0.2) is 42.5 Å². The minimum Gasteiger partial charge on any atom is -0.478 e. The van der Waals surface area contributed by atoms with Gasteiger partial charge in [0.05, 0.1) is 10.1 Å². The van der Waals surface area contributed by atoms with E-state index >= 15 is 0 Å². The molecule has 150 valence electrons. The van der Waals surface area contributed by atoms with Gasteiger partial charge in [-0.15, -0.1) is 23.5 Å². The Morgan fingerprint density at radius 1 is 1.03 bits per heavy atom. The molecule has 1 fully saturated rings. The van der Waals surface area contributed by atoms with Crippen molar-refractivity contribution >= 4 is 29.5 Å². The molecule has 0 saturated carbocycles. The van der Waals surface area contributed by atoms with Gasteiger partial charge in [0.1, 0.15) is 0 Å². The van der Waals surface area contributed by atoms with Crippen molar-refractivity contribution in [1.82, 2.24) is 0 Å². The van der Waals surface area contributed by atoms with Gasteiger partial charge >= 0.3 is 5.97 Å².